The summed E-state index contributed by atoms with van der Waals surface area (Å²) < 4.78 is 15.8. The molecule has 2 N–H and O–H groups in total. The van der Waals surface area contributed by atoms with Gasteiger partial charge in [0.25, 0.3) is 0 Å². The van der Waals surface area contributed by atoms with Gasteiger partial charge in [0.05, 0.1) is 11.1 Å². The van der Waals surface area contributed by atoms with E-state index >= 15 is 0 Å². The Kier molecular flexibility index (Phi) is 8.99. The average molecular weight is 485 g/mol. The fourth-order valence-electron chi connectivity index (χ4n) is 2.74. The first kappa shape index (κ1) is 27.4. The number of hydrogen-bond donors (Lipinski definition) is 2. The molecule has 0 bridgehead atoms. The Morgan fingerprint density at radius 2 is 1.29 bits per heavy atom. The Balaban J connectivity index is 2.09. The zero-order valence-corrected chi connectivity index (χ0v) is 20.9. The van der Waals surface area contributed by atoms with Crippen LogP contribution in [0, 0.1) is 0 Å². The summed E-state index contributed by atoms with van der Waals surface area (Å²) in [5, 5.41) is 4.92. The van der Waals surface area contributed by atoms with E-state index in [0.717, 1.165) is 5.56 Å². The lowest BCUT2D eigenvalue weighted by atomic mass is 10.1. The smallest absolute Gasteiger partial charge is 0.407 e. The van der Waals surface area contributed by atoms with Crippen LogP contribution in [-0.2, 0) is 25.6 Å². The lowest BCUT2D eigenvalue weighted by molar-refractivity contribution is -0.115. The van der Waals surface area contributed by atoms with Gasteiger partial charge in [-0.1, -0.05) is 30.3 Å². The van der Waals surface area contributed by atoms with Crippen LogP contribution in [0.15, 0.2) is 48.5 Å². The molecule has 0 saturated heterocycles. The van der Waals surface area contributed by atoms with Crippen molar-refractivity contribution < 1.29 is 33.4 Å². The first-order chi connectivity index (χ1) is 16.2. The van der Waals surface area contributed by atoms with E-state index in [1.54, 1.807) is 53.7 Å². The van der Waals surface area contributed by atoms with Crippen LogP contribution < -0.4 is 10.6 Å². The minimum absolute atomic E-state index is 0.0610. The van der Waals surface area contributed by atoms with E-state index < -0.39 is 35.1 Å². The number of esters is 2. The van der Waals surface area contributed by atoms with Crippen LogP contribution >= 0.6 is 0 Å². The Bertz CT molecular complexity index is 1020. The molecule has 0 unspecified atom stereocenters. The molecule has 2 amide bonds. The molecule has 0 saturated carbocycles. The van der Waals surface area contributed by atoms with Crippen molar-refractivity contribution in [2.75, 3.05) is 11.9 Å². The first-order valence-corrected chi connectivity index (χ1v) is 11.1. The lowest BCUT2D eigenvalue weighted by Crippen LogP contribution is -2.33. The molecule has 2 aromatic rings. The molecule has 9 nitrogen and oxygen atoms in total. The van der Waals surface area contributed by atoms with Crippen molar-refractivity contribution in [3.05, 3.63) is 65.2 Å². The van der Waals surface area contributed by atoms with Gasteiger partial charge in [0.2, 0.25) is 5.91 Å². The van der Waals surface area contributed by atoms with Crippen molar-refractivity contribution in [2.24, 2.45) is 0 Å². The summed E-state index contributed by atoms with van der Waals surface area (Å²) in [7, 11) is 0. The molecular weight excluding hydrogens is 452 g/mol. The first-order valence-electron chi connectivity index (χ1n) is 11.1. The highest BCUT2D eigenvalue weighted by Crippen LogP contribution is 2.21. The maximum atomic E-state index is 12.6. The second-order valence-electron chi connectivity index (χ2n) is 9.77. The standard InChI is InChI=1S/C26H32N2O7/c1-25(2,3)34-22(30)18-12-19(23(31)35-26(4,5)6)14-20(13-18)28-21(29)15-27-24(32)33-16-17-10-8-7-9-11-17/h7-14H,15-16H2,1-6H3,(H,27,32)(H,28,29). The molecule has 9 heteroatoms. The van der Waals surface area contributed by atoms with E-state index in [9.17, 15) is 19.2 Å². The zero-order chi connectivity index (χ0) is 26.2. The van der Waals surface area contributed by atoms with Gasteiger partial charge in [0.1, 0.15) is 24.4 Å². The largest absolute Gasteiger partial charge is 0.456 e. The molecule has 0 heterocycles. The van der Waals surface area contributed by atoms with Gasteiger partial charge in [0, 0.05) is 5.69 Å². The van der Waals surface area contributed by atoms with Gasteiger partial charge in [-0.2, -0.15) is 0 Å². The summed E-state index contributed by atoms with van der Waals surface area (Å²) in [5.41, 5.74) is -0.416. The summed E-state index contributed by atoms with van der Waals surface area (Å²) in [5.74, 6) is -1.92. The van der Waals surface area contributed by atoms with Crippen LogP contribution in [0.4, 0.5) is 10.5 Å². The third-order valence-corrected chi connectivity index (χ3v) is 4.09. The number of carbonyl (C=O) groups excluding carboxylic acids is 4. The van der Waals surface area contributed by atoms with Gasteiger partial charge in [-0.3, -0.25) is 4.79 Å². The number of nitrogens with one attached hydrogen (secondary N) is 2. The Labute approximate surface area is 205 Å². The summed E-state index contributed by atoms with van der Waals surface area (Å²) in [4.78, 5) is 49.5. The summed E-state index contributed by atoms with van der Waals surface area (Å²) in [6.07, 6.45) is -0.763. The summed E-state index contributed by atoms with van der Waals surface area (Å²) >= 11 is 0. The molecule has 0 radical (unpaired) electrons. The average Bonchev–Trinajstić information content (AvgIpc) is 2.74. The number of hydrogen-bond acceptors (Lipinski definition) is 7. The molecule has 0 fully saturated rings. The molecule has 2 aromatic carbocycles. The number of carbonyl (C=O) groups is 4. The Morgan fingerprint density at radius 1 is 0.771 bits per heavy atom. The third-order valence-electron chi connectivity index (χ3n) is 4.09. The molecule has 0 atom stereocenters. The summed E-state index contributed by atoms with van der Waals surface area (Å²) in [6.45, 7) is 9.97. The van der Waals surface area contributed by atoms with Crippen LogP contribution in [0.5, 0.6) is 0 Å². The van der Waals surface area contributed by atoms with E-state index in [-0.39, 0.29) is 30.0 Å². The number of alkyl carbamates (subject to hydrolysis) is 1. The topological polar surface area (TPSA) is 120 Å². The van der Waals surface area contributed by atoms with Crippen LogP contribution in [0.3, 0.4) is 0 Å². The van der Waals surface area contributed by atoms with Crippen molar-refractivity contribution in [3.63, 3.8) is 0 Å². The van der Waals surface area contributed by atoms with E-state index in [1.165, 1.54) is 18.2 Å². The van der Waals surface area contributed by atoms with Crippen molar-refractivity contribution in [1.82, 2.24) is 5.32 Å². The number of amides is 2. The van der Waals surface area contributed by atoms with Crippen molar-refractivity contribution in [3.8, 4) is 0 Å². The monoisotopic (exact) mass is 484 g/mol. The second-order valence-corrected chi connectivity index (χ2v) is 9.77. The van der Waals surface area contributed by atoms with Gasteiger partial charge in [-0.05, 0) is 65.3 Å². The van der Waals surface area contributed by atoms with Crippen molar-refractivity contribution in [1.29, 1.82) is 0 Å². The SMILES string of the molecule is CC(C)(C)OC(=O)c1cc(NC(=O)CNC(=O)OCc2ccccc2)cc(C(=O)OC(C)(C)C)c1. The number of rotatable bonds is 7. The quantitative estimate of drug-likeness (QED) is 0.440. The molecular formula is C26H32N2O7. The van der Waals surface area contributed by atoms with Gasteiger partial charge in [0.15, 0.2) is 0 Å². The molecule has 0 aliphatic heterocycles. The highest BCUT2D eigenvalue weighted by atomic mass is 16.6. The van der Waals surface area contributed by atoms with Gasteiger partial charge in [-0.25, -0.2) is 14.4 Å². The highest BCUT2D eigenvalue weighted by molar-refractivity contribution is 6.00. The third kappa shape index (κ3) is 10.3. The van der Waals surface area contributed by atoms with Crippen molar-refractivity contribution in [2.45, 2.75) is 59.4 Å². The normalized spacial score (nSPS) is 11.3. The zero-order valence-electron chi connectivity index (χ0n) is 20.9. The maximum absolute atomic E-state index is 12.6. The van der Waals surface area contributed by atoms with Crippen LogP contribution in [0.2, 0.25) is 0 Å². The molecule has 0 spiro atoms. The summed E-state index contributed by atoms with van der Waals surface area (Å²) in [6, 6.07) is 13.2. The maximum Gasteiger partial charge on any atom is 0.407 e. The number of benzene rings is 2. The number of anilines is 1. The van der Waals surface area contributed by atoms with Crippen LogP contribution in [0.25, 0.3) is 0 Å². The predicted molar refractivity (Wildman–Crippen MR) is 130 cm³/mol. The lowest BCUT2D eigenvalue weighted by Gasteiger charge is -2.21. The molecule has 2 rings (SSSR count). The van der Waals surface area contributed by atoms with Gasteiger partial charge >= 0.3 is 18.0 Å². The van der Waals surface area contributed by atoms with Crippen LogP contribution in [-0.4, -0.2) is 41.7 Å². The molecule has 0 aliphatic carbocycles. The molecule has 0 aromatic heterocycles. The van der Waals surface area contributed by atoms with Crippen LogP contribution in [0.1, 0.15) is 67.8 Å². The van der Waals surface area contributed by atoms with E-state index in [1.807, 2.05) is 18.2 Å². The molecule has 0 aliphatic rings. The number of ether oxygens (including phenoxy) is 3. The second kappa shape index (κ2) is 11.5. The van der Waals surface area contributed by atoms with Crippen molar-refractivity contribution >= 4 is 29.6 Å². The molecule has 188 valence electrons. The van der Waals surface area contributed by atoms with E-state index in [4.69, 9.17) is 14.2 Å². The predicted octanol–water partition coefficient (Wildman–Crippen LogP) is 4.46. The minimum atomic E-state index is -0.763. The van der Waals surface area contributed by atoms with Gasteiger partial charge in [-0.15, -0.1) is 0 Å². The van der Waals surface area contributed by atoms with Gasteiger partial charge < -0.3 is 24.8 Å². The Hall–Kier alpha value is -3.88. The van der Waals surface area contributed by atoms with E-state index in [2.05, 4.69) is 10.6 Å². The fraction of sp³-hybridized carbons (Fsp3) is 0.385. The van der Waals surface area contributed by atoms with E-state index in [0.29, 0.717) is 0 Å². The Morgan fingerprint density at radius 3 is 1.77 bits per heavy atom. The highest BCUT2D eigenvalue weighted by Gasteiger charge is 2.23. The minimum Gasteiger partial charge on any atom is -0.456 e. The fourth-order valence-corrected chi connectivity index (χ4v) is 2.74. The molecule has 35 heavy (non-hydrogen) atoms.